The van der Waals surface area contributed by atoms with E-state index >= 15 is 0 Å². The number of carboxylic acid groups (broad SMARTS) is 1. The van der Waals surface area contributed by atoms with Crippen LogP contribution in [0.15, 0.2) is 83.3 Å². The molecule has 1 aromatic heterocycles. The molecule has 3 aromatic carbocycles. The molecule has 4 rings (SSSR count). The minimum atomic E-state index is -1.18. The van der Waals surface area contributed by atoms with Crippen molar-refractivity contribution in [2.75, 3.05) is 12.8 Å². The van der Waals surface area contributed by atoms with Gasteiger partial charge in [0.1, 0.15) is 5.75 Å². The smallest absolute Gasteiger partial charge is 0.350 e. The maximum absolute atomic E-state index is 11.0. The van der Waals surface area contributed by atoms with E-state index in [-0.39, 0.29) is 0 Å². The highest BCUT2D eigenvalue weighted by Crippen LogP contribution is 2.36. The number of thiazole rings is 1. The number of hydrogen-bond donors (Lipinski definition) is 2. The SMILES string of the molecule is COc1ccc(Cc2c(-c3csc(N)n3)cccc2C(O/N=C\C(=O)O)c2ccccc2)cc1. The van der Waals surface area contributed by atoms with E-state index in [0.29, 0.717) is 11.6 Å². The second-order valence-electron chi connectivity index (χ2n) is 7.44. The Morgan fingerprint density at radius 3 is 2.53 bits per heavy atom. The summed E-state index contributed by atoms with van der Waals surface area (Å²) >= 11 is 1.38. The van der Waals surface area contributed by atoms with Gasteiger partial charge in [0.25, 0.3) is 0 Å². The van der Waals surface area contributed by atoms with Gasteiger partial charge < -0.3 is 20.4 Å². The predicted octanol–water partition coefficient (Wildman–Crippen LogP) is 5.17. The van der Waals surface area contributed by atoms with E-state index in [0.717, 1.165) is 45.5 Å². The number of benzene rings is 3. The summed E-state index contributed by atoms with van der Waals surface area (Å²) < 4.78 is 5.29. The molecule has 4 aromatic rings. The lowest BCUT2D eigenvalue weighted by atomic mass is 9.88. The number of carbonyl (C=O) groups is 1. The number of rotatable bonds is 9. The Hall–Kier alpha value is -4.17. The zero-order chi connectivity index (χ0) is 23.9. The summed E-state index contributed by atoms with van der Waals surface area (Å²) in [6, 6.07) is 23.3. The summed E-state index contributed by atoms with van der Waals surface area (Å²) in [4.78, 5) is 21.3. The van der Waals surface area contributed by atoms with Crippen LogP contribution in [0.5, 0.6) is 5.75 Å². The Balaban J connectivity index is 1.85. The van der Waals surface area contributed by atoms with Crippen LogP contribution in [-0.4, -0.2) is 29.4 Å². The first kappa shape index (κ1) is 23.0. The van der Waals surface area contributed by atoms with Crippen LogP contribution in [0.1, 0.15) is 28.4 Å². The average Bonchev–Trinajstić information content (AvgIpc) is 3.29. The van der Waals surface area contributed by atoms with Gasteiger partial charge in [0.05, 0.1) is 12.8 Å². The molecular formula is C26H23N3O4S. The number of nitrogen functional groups attached to an aromatic ring is 1. The summed E-state index contributed by atoms with van der Waals surface area (Å²) in [7, 11) is 1.63. The minimum absolute atomic E-state index is 0.484. The normalized spacial score (nSPS) is 11.9. The third-order valence-electron chi connectivity index (χ3n) is 5.26. The standard InChI is InChI=1S/C26H23N3O4S/c1-32-19-12-10-17(11-13-19)14-22-20(23-16-34-26(27)29-23)8-5-9-21(22)25(33-28-15-24(30)31)18-6-3-2-4-7-18/h2-13,15-16,25H,14H2,1H3,(H2,27,29)(H,30,31)/b28-15-. The third-order valence-corrected chi connectivity index (χ3v) is 5.94. The lowest BCUT2D eigenvalue weighted by Gasteiger charge is -2.21. The first-order valence-corrected chi connectivity index (χ1v) is 11.4. The summed E-state index contributed by atoms with van der Waals surface area (Å²) in [5.41, 5.74) is 11.4. The predicted molar refractivity (Wildman–Crippen MR) is 133 cm³/mol. The number of aromatic nitrogens is 1. The minimum Gasteiger partial charge on any atom is -0.497 e. The molecule has 172 valence electrons. The molecule has 0 amide bonds. The summed E-state index contributed by atoms with van der Waals surface area (Å²) in [6.45, 7) is 0. The Bertz CT molecular complexity index is 1290. The lowest BCUT2D eigenvalue weighted by Crippen LogP contribution is -2.09. The number of ether oxygens (including phenoxy) is 1. The molecule has 0 saturated heterocycles. The monoisotopic (exact) mass is 473 g/mol. The maximum Gasteiger partial charge on any atom is 0.350 e. The molecule has 0 spiro atoms. The molecule has 1 heterocycles. The first-order valence-electron chi connectivity index (χ1n) is 10.5. The van der Waals surface area contributed by atoms with Crippen molar-refractivity contribution >= 4 is 28.7 Å². The number of anilines is 1. The van der Waals surface area contributed by atoms with Crippen molar-refractivity contribution in [3.8, 4) is 17.0 Å². The van der Waals surface area contributed by atoms with E-state index in [1.54, 1.807) is 7.11 Å². The second kappa shape index (κ2) is 10.6. The van der Waals surface area contributed by atoms with Crippen LogP contribution in [0.3, 0.4) is 0 Å². The van der Waals surface area contributed by atoms with Crippen LogP contribution < -0.4 is 10.5 Å². The van der Waals surface area contributed by atoms with E-state index < -0.39 is 12.1 Å². The van der Waals surface area contributed by atoms with Crippen LogP contribution in [0.25, 0.3) is 11.3 Å². The highest BCUT2D eigenvalue weighted by molar-refractivity contribution is 7.13. The fraction of sp³-hybridized carbons (Fsp3) is 0.115. The molecule has 3 N–H and O–H groups in total. The Labute approximate surface area is 201 Å². The van der Waals surface area contributed by atoms with E-state index in [1.165, 1.54) is 11.3 Å². The lowest BCUT2D eigenvalue weighted by molar-refractivity contribution is -0.129. The van der Waals surface area contributed by atoms with Gasteiger partial charge in [-0.1, -0.05) is 65.8 Å². The fourth-order valence-corrected chi connectivity index (χ4v) is 4.27. The van der Waals surface area contributed by atoms with Crippen LogP contribution in [0, 0.1) is 0 Å². The van der Waals surface area contributed by atoms with Crippen molar-refractivity contribution in [3.63, 3.8) is 0 Å². The van der Waals surface area contributed by atoms with Gasteiger partial charge in [-0.3, -0.25) is 0 Å². The van der Waals surface area contributed by atoms with Crippen LogP contribution in [0.4, 0.5) is 5.13 Å². The van der Waals surface area contributed by atoms with Gasteiger partial charge in [0.15, 0.2) is 17.5 Å². The van der Waals surface area contributed by atoms with Crippen LogP contribution >= 0.6 is 11.3 Å². The van der Waals surface area contributed by atoms with Crippen LogP contribution in [0.2, 0.25) is 0 Å². The van der Waals surface area contributed by atoms with E-state index in [1.807, 2.05) is 78.2 Å². The Morgan fingerprint density at radius 2 is 1.88 bits per heavy atom. The average molecular weight is 474 g/mol. The number of carboxylic acids is 1. The van der Waals surface area contributed by atoms with Crippen molar-refractivity contribution in [1.29, 1.82) is 0 Å². The van der Waals surface area contributed by atoms with Crippen molar-refractivity contribution in [1.82, 2.24) is 4.98 Å². The highest BCUT2D eigenvalue weighted by atomic mass is 32.1. The van der Waals surface area contributed by atoms with Crippen molar-refractivity contribution < 1.29 is 19.5 Å². The number of aliphatic carboxylic acids is 1. The topological polar surface area (TPSA) is 107 Å². The van der Waals surface area contributed by atoms with Gasteiger partial charge in [-0.2, -0.15) is 0 Å². The van der Waals surface area contributed by atoms with E-state index in [4.69, 9.17) is 20.4 Å². The van der Waals surface area contributed by atoms with Crippen LogP contribution in [-0.2, 0) is 16.1 Å². The quantitative estimate of drug-likeness (QED) is 0.257. The zero-order valence-corrected chi connectivity index (χ0v) is 19.2. The summed E-state index contributed by atoms with van der Waals surface area (Å²) in [5, 5.41) is 15.1. The van der Waals surface area contributed by atoms with Crippen molar-refractivity contribution in [2.45, 2.75) is 12.5 Å². The summed E-state index contributed by atoms with van der Waals surface area (Å²) in [6.07, 6.45) is 0.702. The van der Waals surface area contributed by atoms with Crippen molar-refractivity contribution in [2.24, 2.45) is 5.16 Å². The molecule has 8 heteroatoms. The first-order chi connectivity index (χ1) is 16.5. The van der Waals surface area contributed by atoms with E-state index in [9.17, 15) is 4.79 Å². The van der Waals surface area contributed by atoms with Gasteiger partial charge in [0.2, 0.25) is 0 Å². The van der Waals surface area contributed by atoms with Gasteiger partial charge in [-0.05, 0) is 35.2 Å². The number of hydrogen-bond acceptors (Lipinski definition) is 7. The molecular weight excluding hydrogens is 450 g/mol. The molecule has 0 aliphatic heterocycles. The zero-order valence-electron chi connectivity index (χ0n) is 18.4. The summed E-state index contributed by atoms with van der Waals surface area (Å²) in [5.74, 6) is -0.407. The van der Waals surface area contributed by atoms with Gasteiger partial charge in [-0.25, -0.2) is 9.78 Å². The molecule has 0 fully saturated rings. The molecule has 0 saturated carbocycles. The molecule has 34 heavy (non-hydrogen) atoms. The van der Waals surface area contributed by atoms with Gasteiger partial charge in [0, 0.05) is 16.5 Å². The largest absolute Gasteiger partial charge is 0.497 e. The van der Waals surface area contributed by atoms with Gasteiger partial charge >= 0.3 is 5.97 Å². The molecule has 1 atom stereocenters. The maximum atomic E-state index is 11.0. The number of methoxy groups -OCH3 is 1. The third kappa shape index (κ3) is 5.41. The Kier molecular flexibility index (Phi) is 7.19. The molecule has 1 unspecified atom stereocenters. The number of nitrogens with zero attached hydrogens (tertiary/aromatic N) is 2. The molecule has 0 radical (unpaired) electrons. The molecule has 0 aliphatic carbocycles. The van der Waals surface area contributed by atoms with Crippen molar-refractivity contribution in [3.05, 3.63) is 100 Å². The fourth-order valence-electron chi connectivity index (χ4n) is 3.71. The molecule has 0 bridgehead atoms. The second-order valence-corrected chi connectivity index (χ2v) is 8.33. The Morgan fingerprint density at radius 1 is 1.12 bits per heavy atom. The highest BCUT2D eigenvalue weighted by Gasteiger charge is 2.23. The molecule has 0 aliphatic rings. The number of nitrogens with two attached hydrogens (primary N) is 1. The molecule has 7 nitrogen and oxygen atoms in total. The number of oxime groups is 1. The van der Waals surface area contributed by atoms with E-state index in [2.05, 4.69) is 10.1 Å². The van der Waals surface area contributed by atoms with Gasteiger partial charge in [-0.15, -0.1) is 11.3 Å².